The van der Waals surface area contributed by atoms with Crippen molar-refractivity contribution in [2.75, 3.05) is 13.1 Å². The first-order valence-electron chi connectivity index (χ1n) is 6.59. The molecule has 2 amide bonds. The molecule has 112 valence electrons. The number of unbranched alkanes of at least 4 members (excludes halogenated alkanes) is 1. The van der Waals surface area contributed by atoms with Gasteiger partial charge >= 0.3 is 0 Å². The van der Waals surface area contributed by atoms with Crippen LogP contribution in [-0.2, 0) is 4.79 Å². The van der Waals surface area contributed by atoms with Gasteiger partial charge in [0.05, 0.1) is 12.1 Å². The number of rotatable bonds is 6. The fourth-order valence-corrected chi connectivity index (χ4v) is 1.65. The molecular weight excluding hydrogens is 273 g/mol. The van der Waals surface area contributed by atoms with Crippen LogP contribution in [0.15, 0.2) is 18.2 Å². The molecule has 0 saturated carbocycles. The topological polar surface area (TPSA) is 98.2 Å². The van der Waals surface area contributed by atoms with E-state index in [4.69, 9.17) is 11.5 Å². The molecule has 0 aliphatic heterocycles. The Balaban J connectivity index is 2.58. The van der Waals surface area contributed by atoms with Crippen molar-refractivity contribution < 1.29 is 14.0 Å². The molecule has 6 heteroatoms. The largest absolute Gasteiger partial charge is 0.370 e. The van der Waals surface area contributed by atoms with Gasteiger partial charge in [-0.2, -0.15) is 0 Å². The Hall–Kier alpha value is -2.39. The van der Waals surface area contributed by atoms with Crippen molar-refractivity contribution in [3.8, 4) is 11.8 Å². The summed E-state index contributed by atoms with van der Waals surface area (Å²) in [6.07, 6.45) is 1.46. The van der Waals surface area contributed by atoms with Crippen LogP contribution < -0.4 is 16.8 Å². The predicted molar refractivity (Wildman–Crippen MR) is 77.7 cm³/mol. The van der Waals surface area contributed by atoms with E-state index in [2.05, 4.69) is 17.2 Å². The lowest BCUT2D eigenvalue weighted by atomic mass is 10.1. The van der Waals surface area contributed by atoms with Gasteiger partial charge in [0.25, 0.3) is 5.91 Å². The minimum atomic E-state index is -0.608. The summed E-state index contributed by atoms with van der Waals surface area (Å²) >= 11 is 0. The smallest absolute Gasteiger partial charge is 0.254 e. The van der Waals surface area contributed by atoms with Crippen LogP contribution in [0.2, 0.25) is 0 Å². The molecule has 0 aromatic heterocycles. The summed E-state index contributed by atoms with van der Waals surface area (Å²) in [5.74, 6) is 3.89. The number of carbonyl (C=O) groups excluding carboxylic acids is 2. The molecule has 0 aliphatic rings. The lowest BCUT2D eigenvalue weighted by Gasteiger charge is -2.06. The van der Waals surface area contributed by atoms with Crippen LogP contribution >= 0.6 is 0 Å². The third-order valence-electron chi connectivity index (χ3n) is 2.68. The van der Waals surface area contributed by atoms with Crippen LogP contribution in [0.5, 0.6) is 0 Å². The van der Waals surface area contributed by atoms with Crippen LogP contribution in [0.4, 0.5) is 4.39 Å². The Morgan fingerprint density at radius 1 is 1.29 bits per heavy atom. The Labute approximate surface area is 122 Å². The second kappa shape index (κ2) is 8.72. The number of nitrogens with one attached hydrogen (secondary N) is 1. The van der Waals surface area contributed by atoms with Gasteiger partial charge in [0.1, 0.15) is 5.82 Å². The standard InChI is InChI=1S/C15H18FN3O2/c16-13-7-6-11(4-3-8-17)10-12(13)15(21)19-9-2-1-5-14(18)20/h6-7,10H,1-2,5,8-9,17H2,(H2,18,20)(H,19,21). The van der Waals surface area contributed by atoms with Gasteiger partial charge in [-0.3, -0.25) is 9.59 Å². The Morgan fingerprint density at radius 3 is 2.71 bits per heavy atom. The molecular formula is C15H18FN3O2. The first kappa shape index (κ1) is 16.7. The molecule has 0 atom stereocenters. The Bertz CT molecular complexity index is 576. The maximum absolute atomic E-state index is 13.6. The van der Waals surface area contributed by atoms with Crippen molar-refractivity contribution in [1.29, 1.82) is 0 Å². The third-order valence-corrected chi connectivity index (χ3v) is 2.68. The molecule has 21 heavy (non-hydrogen) atoms. The Kier molecular flexibility index (Phi) is 6.92. The molecule has 1 aromatic carbocycles. The minimum Gasteiger partial charge on any atom is -0.370 e. The average Bonchev–Trinajstić information content (AvgIpc) is 2.45. The summed E-state index contributed by atoms with van der Waals surface area (Å²) in [4.78, 5) is 22.4. The normalized spacial score (nSPS) is 9.62. The highest BCUT2D eigenvalue weighted by atomic mass is 19.1. The lowest BCUT2D eigenvalue weighted by molar-refractivity contribution is -0.118. The van der Waals surface area contributed by atoms with E-state index in [0.29, 0.717) is 24.9 Å². The molecule has 0 heterocycles. The van der Waals surface area contributed by atoms with Crippen molar-refractivity contribution in [2.45, 2.75) is 19.3 Å². The summed E-state index contributed by atoms with van der Waals surface area (Å²) < 4.78 is 13.6. The van der Waals surface area contributed by atoms with Crippen molar-refractivity contribution >= 4 is 11.8 Å². The second-order valence-corrected chi connectivity index (χ2v) is 4.38. The van der Waals surface area contributed by atoms with E-state index in [1.807, 2.05) is 0 Å². The van der Waals surface area contributed by atoms with Crippen LogP contribution in [0, 0.1) is 17.7 Å². The lowest BCUT2D eigenvalue weighted by Crippen LogP contribution is -2.25. The quantitative estimate of drug-likeness (QED) is 0.526. The predicted octanol–water partition coefficient (Wildman–Crippen LogP) is 0.521. The number of nitrogens with two attached hydrogens (primary N) is 2. The number of halogens is 1. The van der Waals surface area contributed by atoms with Crippen molar-refractivity contribution in [2.24, 2.45) is 11.5 Å². The molecule has 1 aromatic rings. The molecule has 1 rings (SSSR count). The van der Waals surface area contributed by atoms with Crippen LogP contribution in [0.1, 0.15) is 35.2 Å². The number of primary amides is 1. The van der Waals surface area contributed by atoms with Gasteiger partial charge in [-0.1, -0.05) is 11.8 Å². The molecule has 0 fully saturated rings. The van der Waals surface area contributed by atoms with Gasteiger partial charge in [0, 0.05) is 18.5 Å². The fraction of sp³-hybridized carbons (Fsp3) is 0.333. The van der Waals surface area contributed by atoms with Gasteiger partial charge in [-0.05, 0) is 31.0 Å². The van der Waals surface area contributed by atoms with Gasteiger partial charge in [0.15, 0.2) is 0 Å². The number of hydrogen-bond acceptors (Lipinski definition) is 3. The SMILES string of the molecule is NCC#Cc1ccc(F)c(C(=O)NCCCCC(N)=O)c1. The van der Waals surface area contributed by atoms with Crippen molar-refractivity contribution in [3.05, 3.63) is 35.1 Å². The molecule has 0 bridgehead atoms. The highest BCUT2D eigenvalue weighted by Gasteiger charge is 2.11. The van der Waals surface area contributed by atoms with E-state index in [1.165, 1.54) is 18.2 Å². The summed E-state index contributed by atoms with van der Waals surface area (Å²) in [6, 6.07) is 4.07. The first-order chi connectivity index (χ1) is 10.0. The van der Waals surface area contributed by atoms with E-state index in [0.717, 1.165) is 0 Å². The van der Waals surface area contributed by atoms with E-state index in [1.54, 1.807) is 0 Å². The monoisotopic (exact) mass is 291 g/mol. The maximum atomic E-state index is 13.6. The zero-order chi connectivity index (χ0) is 15.7. The van der Waals surface area contributed by atoms with E-state index in [-0.39, 0.29) is 24.4 Å². The first-order valence-corrected chi connectivity index (χ1v) is 6.59. The highest BCUT2D eigenvalue weighted by Crippen LogP contribution is 2.10. The minimum absolute atomic E-state index is 0.0614. The van der Waals surface area contributed by atoms with Gasteiger partial charge in [-0.25, -0.2) is 4.39 Å². The molecule has 0 unspecified atom stereocenters. The summed E-state index contributed by atoms with van der Waals surface area (Å²) in [5.41, 5.74) is 10.7. The van der Waals surface area contributed by atoms with E-state index >= 15 is 0 Å². The van der Waals surface area contributed by atoms with E-state index in [9.17, 15) is 14.0 Å². The third kappa shape index (κ3) is 6.06. The number of carbonyl (C=O) groups is 2. The number of hydrogen-bond donors (Lipinski definition) is 3. The fourth-order valence-electron chi connectivity index (χ4n) is 1.65. The summed E-state index contributed by atoms with van der Waals surface area (Å²) in [7, 11) is 0. The summed E-state index contributed by atoms with van der Waals surface area (Å²) in [6.45, 7) is 0.545. The van der Waals surface area contributed by atoms with Gasteiger partial charge in [-0.15, -0.1) is 0 Å². The maximum Gasteiger partial charge on any atom is 0.254 e. The van der Waals surface area contributed by atoms with E-state index < -0.39 is 11.7 Å². The molecule has 0 aliphatic carbocycles. The van der Waals surface area contributed by atoms with Crippen LogP contribution in [-0.4, -0.2) is 24.9 Å². The average molecular weight is 291 g/mol. The van der Waals surface area contributed by atoms with Crippen LogP contribution in [0.3, 0.4) is 0 Å². The molecule has 5 nitrogen and oxygen atoms in total. The molecule has 0 saturated heterocycles. The van der Waals surface area contributed by atoms with Crippen molar-refractivity contribution in [3.63, 3.8) is 0 Å². The molecule has 5 N–H and O–H groups in total. The summed E-state index contributed by atoms with van der Waals surface area (Å²) in [5, 5.41) is 2.59. The second-order valence-electron chi connectivity index (χ2n) is 4.38. The van der Waals surface area contributed by atoms with Crippen LogP contribution in [0.25, 0.3) is 0 Å². The van der Waals surface area contributed by atoms with Crippen molar-refractivity contribution in [1.82, 2.24) is 5.32 Å². The van der Waals surface area contributed by atoms with Gasteiger partial charge in [0.2, 0.25) is 5.91 Å². The number of amides is 2. The van der Waals surface area contributed by atoms with Gasteiger partial charge < -0.3 is 16.8 Å². The highest BCUT2D eigenvalue weighted by molar-refractivity contribution is 5.94. The molecule has 0 radical (unpaired) electrons. The Morgan fingerprint density at radius 2 is 2.05 bits per heavy atom. The molecule has 0 spiro atoms. The number of benzene rings is 1. The zero-order valence-electron chi connectivity index (χ0n) is 11.6. The zero-order valence-corrected chi connectivity index (χ0v) is 11.6.